The van der Waals surface area contributed by atoms with Crippen molar-refractivity contribution in [1.29, 1.82) is 0 Å². The molecule has 1 fully saturated rings. The maximum absolute atomic E-state index is 13.1. The topological polar surface area (TPSA) is 36.4 Å². The fraction of sp³-hybridized carbons (Fsp3) is 0.562. The minimum Gasteiger partial charge on any atom is -0.356 e. The first-order valence-electron chi connectivity index (χ1n) is 7.49. The SMILES string of the molecule is CN=C(NCCc1cccc(F)c1)NC1CCCCC1. The van der Waals surface area contributed by atoms with Crippen LogP contribution in [0.1, 0.15) is 37.7 Å². The van der Waals surface area contributed by atoms with Crippen LogP contribution in [0.3, 0.4) is 0 Å². The largest absolute Gasteiger partial charge is 0.356 e. The highest BCUT2D eigenvalue weighted by Crippen LogP contribution is 2.17. The highest BCUT2D eigenvalue weighted by Gasteiger charge is 2.14. The van der Waals surface area contributed by atoms with Crippen molar-refractivity contribution in [3.63, 3.8) is 0 Å². The average Bonchev–Trinajstić information content (AvgIpc) is 2.47. The predicted octanol–water partition coefficient (Wildman–Crippen LogP) is 2.87. The number of nitrogens with zero attached hydrogens (tertiary/aromatic N) is 1. The normalized spacial score (nSPS) is 17.0. The molecule has 0 aliphatic heterocycles. The van der Waals surface area contributed by atoms with E-state index in [1.54, 1.807) is 19.2 Å². The molecular formula is C16H24FN3. The first kappa shape index (κ1) is 14.8. The van der Waals surface area contributed by atoms with E-state index in [4.69, 9.17) is 0 Å². The molecule has 20 heavy (non-hydrogen) atoms. The number of halogens is 1. The van der Waals surface area contributed by atoms with E-state index in [1.165, 1.54) is 38.2 Å². The van der Waals surface area contributed by atoms with Gasteiger partial charge in [0, 0.05) is 19.6 Å². The lowest BCUT2D eigenvalue weighted by atomic mass is 9.96. The van der Waals surface area contributed by atoms with E-state index in [2.05, 4.69) is 15.6 Å². The Morgan fingerprint density at radius 1 is 1.30 bits per heavy atom. The van der Waals surface area contributed by atoms with Crippen LogP contribution in [0.5, 0.6) is 0 Å². The molecule has 1 saturated carbocycles. The van der Waals surface area contributed by atoms with Crippen molar-refractivity contribution in [2.45, 2.75) is 44.6 Å². The number of nitrogens with one attached hydrogen (secondary N) is 2. The van der Waals surface area contributed by atoms with Crippen molar-refractivity contribution >= 4 is 5.96 Å². The zero-order chi connectivity index (χ0) is 14.2. The summed E-state index contributed by atoms with van der Waals surface area (Å²) < 4.78 is 13.1. The van der Waals surface area contributed by atoms with Crippen LogP contribution >= 0.6 is 0 Å². The lowest BCUT2D eigenvalue weighted by molar-refractivity contribution is 0.410. The summed E-state index contributed by atoms with van der Waals surface area (Å²) in [6.07, 6.45) is 7.21. The smallest absolute Gasteiger partial charge is 0.191 e. The molecule has 0 aromatic heterocycles. The summed E-state index contributed by atoms with van der Waals surface area (Å²) in [5.74, 6) is 0.681. The van der Waals surface area contributed by atoms with Crippen LogP contribution in [0.4, 0.5) is 4.39 Å². The van der Waals surface area contributed by atoms with E-state index >= 15 is 0 Å². The molecule has 0 heterocycles. The fourth-order valence-corrected chi connectivity index (χ4v) is 2.65. The van der Waals surface area contributed by atoms with Crippen molar-refractivity contribution in [1.82, 2.24) is 10.6 Å². The third kappa shape index (κ3) is 4.83. The van der Waals surface area contributed by atoms with Gasteiger partial charge in [-0.3, -0.25) is 4.99 Å². The van der Waals surface area contributed by atoms with Gasteiger partial charge in [-0.1, -0.05) is 31.4 Å². The number of hydrogen-bond acceptors (Lipinski definition) is 1. The minimum atomic E-state index is -0.174. The molecule has 0 atom stereocenters. The Labute approximate surface area is 120 Å². The molecule has 1 aromatic carbocycles. The molecule has 0 amide bonds. The van der Waals surface area contributed by atoms with Gasteiger partial charge in [0.25, 0.3) is 0 Å². The molecule has 3 nitrogen and oxygen atoms in total. The molecule has 1 aliphatic carbocycles. The molecule has 0 unspecified atom stereocenters. The van der Waals surface area contributed by atoms with Gasteiger partial charge in [0.2, 0.25) is 0 Å². The second-order valence-corrected chi connectivity index (χ2v) is 5.36. The van der Waals surface area contributed by atoms with Crippen LogP contribution in [-0.4, -0.2) is 25.6 Å². The van der Waals surface area contributed by atoms with Gasteiger partial charge in [-0.25, -0.2) is 4.39 Å². The molecule has 1 aliphatic rings. The van der Waals surface area contributed by atoms with E-state index < -0.39 is 0 Å². The van der Waals surface area contributed by atoms with Crippen molar-refractivity contribution in [2.75, 3.05) is 13.6 Å². The first-order chi connectivity index (χ1) is 9.78. The number of rotatable bonds is 4. The van der Waals surface area contributed by atoms with E-state index in [9.17, 15) is 4.39 Å². The van der Waals surface area contributed by atoms with Gasteiger partial charge < -0.3 is 10.6 Å². The summed E-state index contributed by atoms with van der Waals surface area (Å²) in [5, 5.41) is 6.77. The number of benzene rings is 1. The van der Waals surface area contributed by atoms with Crippen LogP contribution in [0.2, 0.25) is 0 Å². The second-order valence-electron chi connectivity index (χ2n) is 5.36. The highest BCUT2D eigenvalue weighted by atomic mass is 19.1. The standard InChI is InChI=1S/C16H24FN3/c1-18-16(20-15-8-3-2-4-9-15)19-11-10-13-6-5-7-14(17)12-13/h5-7,12,15H,2-4,8-11H2,1H3,(H2,18,19,20). The molecule has 0 spiro atoms. The van der Waals surface area contributed by atoms with Crippen molar-refractivity contribution < 1.29 is 4.39 Å². The molecule has 0 bridgehead atoms. The predicted molar refractivity (Wildman–Crippen MR) is 81.5 cm³/mol. The number of guanidine groups is 1. The van der Waals surface area contributed by atoms with Gasteiger partial charge in [-0.15, -0.1) is 0 Å². The monoisotopic (exact) mass is 277 g/mol. The van der Waals surface area contributed by atoms with E-state index in [1.807, 2.05) is 6.07 Å². The molecular weight excluding hydrogens is 253 g/mol. The maximum atomic E-state index is 13.1. The van der Waals surface area contributed by atoms with Crippen LogP contribution in [-0.2, 0) is 6.42 Å². The van der Waals surface area contributed by atoms with Crippen molar-refractivity contribution in [3.8, 4) is 0 Å². The zero-order valence-electron chi connectivity index (χ0n) is 12.2. The Bertz CT molecular complexity index is 439. The van der Waals surface area contributed by atoms with Crippen molar-refractivity contribution in [3.05, 3.63) is 35.6 Å². The molecule has 0 radical (unpaired) electrons. The average molecular weight is 277 g/mol. The molecule has 4 heteroatoms. The van der Waals surface area contributed by atoms with Crippen LogP contribution in [0.25, 0.3) is 0 Å². The van der Waals surface area contributed by atoms with E-state index in [-0.39, 0.29) is 5.82 Å². The summed E-state index contributed by atoms with van der Waals surface area (Å²) in [4.78, 5) is 4.25. The first-order valence-corrected chi connectivity index (χ1v) is 7.49. The van der Waals surface area contributed by atoms with Gasteiger partial charge in [-0.2, -0.15) is 0 Å². The summed E-state index contributed by atoms with van der Waals surface area (Å²) in [6.45, 7) is 0.760. The number of hydrogen-bond donors (Lipinski definition) is 2. The lowest BCUT2D eigenvalue weighted by Gasteiger charge is -2.24. The van der Waals surface area contributed by atoms with Crippen LogP contribution in [0, 0.1) is 5.82 Å². The lowest BCUT2D eigenvalue weighted by Crippen LogP contribution is -2.44. The Balaban J connectivity index is 1.73. The molecule has 1 aromatic rings. The third-order valence-corrected chi connectivity index (χ3v) is 3.76. The van der Waals surface area contributed by atoms with Gasteiger partial charge in [0.15, 0.2) is 5.96 Å². The van der Waals surface area contributed by atoms with Crippen molar-refractivity contribution in [2.24, 2.45) is 4.99 Å². The molecule has 2 rings (SSSR count). The maximum Gasteiger partial charge on any atom is 0.191 e. The van der Waals surface area contributed by atoms with Gasteiger partial charge in [0.1, 0.15) is 5.82 Å². The molecule has 2 N–H and O–H groups in total. The molecule has 0 saturated heterocycles. The minimum absolute atomic E-state index is 0.174. The summed E-state index contributed by atoms with van der Waals surface area (Å²) >= 11 is 0. The quantitative estimate of drug-likeness (QED) is 0.656. The van der Waals surface area contributed by atoms with Crippen LogP contribution < -0.4 is 10.6 Å². The number of aliphatic imine (C=N–C) groups is 1. The van der Waals surface area contributed by atoms with Gasteiger partial charge in [0.05, 0.1) is 0 Å². The summed E-state index contributed by atoms with van der Waals surface area (Å²) in [6, 6.07) is 7.30. The Hall–Kier alpha value is -1.58. The zero-order valence-corrected chi connectivity index (χ0v) is 12.2. The molecule has 110 valence electrons. The van der Waals surface area contributed by atoms with E-state index in [0.29, 0.717) is 6.04 Å². The van der Waals surface area contributed by atoms with E-state index in [0.717, 1.165) is 24.5 Å². The Kier molecular flexibility index (Phi) is 5.84. The van der Waals surface area contributed by atoms with Gasteiger partial charge >= 0.3 is 0 Å². The highest BCUT2D eigenvalue weighted by molar-refractivity contribution is 5.79. The fourth-order valence-electron chi connectivity index (χ4n) is 2.65. The third-order valence-electron chi connectivity index (χ3n) is 3.76. The summed E-state index contributed by atoms with van der Waals surface area (Å²) in [5.41, 5.74) is 1.01. The van der Waals surface area contributed by atoms with Gasteiger partial charge in [-0.05, 0) is 37.0 Å². The Morgan fingerprint density at radius 3 is 2.80 bits per heavy atom. The Morgan fingerprint density at radius 2 is 2.10 bits per heavy atom. The van der Waals surface area contributed by atoms with Crippen LogP contribution in [0.15, 0.2) is 29.3 Å². The summed E-state index contributed by atoms with van der Waals surface area (Å²) in [7, 11) is 1.79. The second kappa shape index (κ2) is 7.88.